The van der Waals surface area contributed by atoms with Crippen LogP contribution in [0.25, 0.3) is 5.65 Å². The molecule has 1 saturated carbocycles. The first-order valence-electron chi connectivity index (χ1n) is 8.39. The van der Waals surface area contributed by atoms with Crippen LogP contribution < -0.4 is 5.32 Å². The SMILES string of the molecule is CCC(CC)c1cc(N[C@H]2CCC(SC)C2)n2nccc2n1. The highest BCUT2D eigenvalue weighted by atomic mass is 32.2. The highest BCUT2D eigenvalue weighted by Gasteiger charge is 2.25. The molecule has 22 heavy (non-hydrogen) atoms. The van der Waals surface area contributed by atoms with E-state index in [1.807, 2.05) is 28.5 Å². The van der Waals surface area contributed by atoms with Crippen LogP contribution in [0.2, 0.25) is 0 Å². The molecule has 3 rings (SSSR count). The van der Waals surface area contributed by atoms with Gasteiger partial charge in [-0.05, 0) is 38.4 Å². The van der Waals surface area contributed by atoms with Crippen LogP contribution in [-0.4, -0.2) is 32.1 Å². The molecule has 2 heterocycles. The summed E-state index contributed by atoms with van der Waals surface area (Å²) in [6, 6.07) is 4.77. The Balaban J connectivity index is 1.88. The van der Waals surface area contributed by atoms with Crippen LogP contribution in [0.5, 0.6) is 0 Å². The predicted octanol–water partition coefficient (Wildman–Crippen LogP) is 4.33. The van der Waals surface area contributed by atoms with Crippen molar-refractivity contribution in [2.45, 2.75) is 63.2 Å². The summed E-state index contributed by atoms with van der Waals surface area (Å²) < 4.78 is 1.94. The van der Waals surface area contributed by atoms with Crippen LogP contribution in [0.4, 0.5) is 5.82 Å². The van der Waals surface area contributed by atoms with Crippen LogP contribution in [0.15, 0.2) is 18.3 Å². The molecule has 5 heteroatoms. The molecule has 0 saturated heterocycles. The molecular weight excluding hydrogens is 292 g/mol. The van der Waals surface area contributed by atoms with E-state index < -0.39 is 0 Å². The highest BCUT2D eigenvalue weighted by Crippen LogP contribution is 2.31. The van der Waals surface area contributed by atoms with Crippen LogP contribution in [-0.2, 0) is 0 Å². The first-order chi connectivity index (χ1) is 10.7. The van der Waals surface area contributed by atoms with Crippen LogP contribution in [0.3, 0.4) is 0 Å². The van der Waals surface area contributed by atoms with Gasteiger partial charge in [0.25, 0.3) is 0 Å². The van der Waals surface area contributed by atoms with Gasteiger partial charge in [0, 0.05) is 35.0 Å². The van der Waals surface area contributed by atoms with E-state index in [4.69, 9.17) is 4.98 Å². The van der Waals surface area contributed by atoms with Crippen molar-refractivity contribution in [1.82, 2.24) is 14.6 Å². The van der Waals surface area contributed by atoms with E-state index in [2.05, 4.69) is 36.6 Å². The Morgan fingerprint density at radius 1 is 1.36 bits per heavy atom. The second-order valence-corrected chi connectivity index (χ2v) is 7.33. The van der Waals surface area contributed by atoms with Gasteiger partial charge in [-0.15, -0.1) is 0 Å². The Kier molecular flexibility index (Phi) is 4.91. The molecule has 0 bridgehead atoms. The van der Waals surface area contributed by atoms with Gasteiger partial charge in [-0.25, -0.2) is 4.98 Å². The van der Waals surface area contributed by atoms with E-state index in [9.17, 15) is 0 Å². The summed E-state index contributed by atoms with van der Waals surface area (Å²) in [5, 5.41) is 8.96. The van der Waals surface area contributed by atoms with Gasteiger partial charge in [0.1, 0.15) is 5.82 Å². The molecule has 2 atom stereocenters. The van der Waals surface area contributed by atoms with Crippen molar-refractivity contribution in [1.29, 1.82) is 0 Å². The number of fused-ring (bicyclic) bond motifs is 1. The summed E-state index contributed by atoms with van der Waals surface area (Å²) in [7, 11) is 0. The molecule has 0 spiro atoms. The van der Waals surface area contributed by atoms with Gasteiger partial charge in [-0.2, -0.15) is 21.4 Å². The minimum absolute atomic E-state index is 0.531. The summed E-state index contributed by atoms with van der Waals surface area (Å²) in [4.78, 5) is 4.80. The molecule has 4 nitrogen and oxygen atoms in total. The lowest BCUT2D eigenvalue weighted by molar-refractivity contribution is 0.622. The van der Waals surface area contributed by atoms with E-state index in [-0.39, 0.29) is 0 Å². The maximum atomic E-state index is 4.80. The third kappa shape index (κ3) is 3.09. The van der Waals surface area contributed by atoms with Gasteiger partial charge in [-0.3, -0.25) is 0 Å². The normalized spacial score (nSPS) is 21.8. The molecule has 1 N–H and O–H groups in total. The Bertz CT molecular complexity index is 620. The van der Waals surface area contributed by atoms with Gasteiger partial charge in [0.05, 0.1) is 6.20 Å². The molecule has 2 aromatic heterocycles. The monoisotopic (exact) mass is 318 g/mol. The van der Waals surface area contributed by atoms with E-state index in [1.165, 1.54) is 25.0 Å². The molecule has 0 aromatic carbocycles. The Labute approximate surface area is 137 Å². The Hall–Kier alpha value is -1.23. The van der Waals surface area contributed by atoms with Gasteiger partial charge < -0.3 is 5.32 Å². The minimum Gasteiger partial charge on any atom is -0.367 e. The molecule has 1 fully saturated rings. The van der Waals surface area contributed by atoms with Crippen molar-refractivity contribution >= 4 is 23.2 Å². The van der Waals surface area contributed by atoms with E-state index >= 15 is 0 Å². The zero-order valence-corrected chi connectivity index (χ0v) is 14.6. The zero-order valence-electron chi connectivity index (χ0n) is 13.7. The maximum absolute atomic E-state index is 4.80. The predicted molar refractivity (Wildman–Crippen MR) is 94.9 cm³/mol. The highest BCUT2D eigenvalue weighted by molar-refractivity contribution is 7.99. The summed E-state index contributed by atoms with van der Waals surface area (Å²) in [5.74, 6) is 1.63. The van der Waals surface area contributed by atoms with Gasteiger partial charge in [-0.1, -0.05) is 13.8 Å². The van der Waals surface area contributed by atoms with Crippen LogP contribution in [0.1, 0.15) is 57.6 Å². The molecule has 1 aliphatic rings. The maximum Gasteiger partial charge on any atom is 0.157 e. The molecule has 0 aliphatic heterocycles. The standard InChI is InChI=1S/C17H26N4S/c1-4-12(5-2)15-11-17(21-16(20-15)8-9-18-21)19-13-6-7-14(10-13)22-3/h8-9,11-14,19H,4-7,10H2,1-3H3/t13-,14?/m0/s1. The molecule has 0 amide bonds. The zero-order chi connectivity index (χ0) is 15.5. The molecule has 0 radical (unpaired) electrons. The van der Waals surface area contributed by atoms with Gasteiger partial charge in [0.2, 0.25) is 0 Å². The van der Waals surface area contributed by atoms with Crippen molar-refractivity contribution in [3.63, 3.8) is 0 Å². The smallest absolute Gasteiger partial charge is 0.157 e. The average molecular weight is 318 g/mol. The van der Waals surface area contributed by atoms with Crippen molar-refractivity contribution < 1.29 is 0 Å². The number of rotatable bonds is 6. The minimum atomic E-state index is 0.531. The third-order valence-corrected chi connectivity index (χ3v) is 5.95. The molecule has 2 aromatic rings. The first-order valence-corrected chi connectivity index (χ1v) is 9.67. The van der Waals surface area contributed by atoms with Crippen LogP contribution >= 0.6 is 11.8 Å². The second kappa shape index (κ2) is 6.90. The second-order valence-electron chi connectivity index (χ2n) is 6.19. The van der Waals surface area contributed by atoms with Crippen molar-refractivity contribution in [3.8, 4) is 0 Å². The number of nitrogens with one attached hydrogen (secondary N) is 1. The fourth-order valence-electron chi connectivity index (χ4n) is 3.45. The largest absolute Gasteiger partial charge is 0.367 e. The number of anilines is 1. The van der Waals surface area contributed by atoms with Crippen molar-refractivity contribution in [2.24, 2.45) is 0 Å². The molecule has 120 valence electrons. The Morgan fingerprint density at radius 3 is 2.86 bits per heavy atom. The van der Waals surface area contributed by atoms with E-state index in [0.29, 0.717) is 12.0 Å². The lowest BCUT2D eigenvalue weighted by atomic mass is 9.99. The van der Waals surface area contributed by atoms with E-state index in [1.54, 1.807) is 0 Å². The fourth-order valence-corrected chi connectivity index (χ4v) is 4.24. The quantitative estimate of drug-likeness (QED) is 0.861. The number of hydrogen-bond acceptors (Lipinski definition) is 4. The van der Waals surface area contributed by atoms with Gasteiger partial charge in [0.15, 0.2) is 5.65 Å². The fraction of sp³-hybridized carbons (Fsp3) is 0.647. The molecule has 1 aliphatic carbocycles. The first kappa shape index (κ1) is 15.7. The summed E-state index contributed by atoms with van der Waals surface area (Å²) in [6.07, 6.45) is 10.1. The number of hydrogen-bond donors (Lipinski definition) is 1. The van der Waals surface area contributed by atoms with Crippen molar-refractivity contribution in [3.05, 3.63) is 24.0 Å². The summed E-state index contributed by atoms with van der Waals surface area (Å²) >= 11 is 1.99. The lowest BCUT2D eigenvalue weighted by Crippen LogP contribution is -2.19. The molecule has 1 unspecified atom stereocenters. The number of aromatic nitrogens is 3. The lowest BCUT2D eigenvalue weighted by Gasteiger charge is -2.18. The van der Waals surface area contributed by atoms with Crippen molar-refractivity contribution in [2.75, 3.05) is 11.6 Å². The van der Waals surface area contributed by atoms with Gasteiger partial charge >= 0.3 is 0 Å². The average Bonchev–Trinajstić information content (AvgIpc) is 3.17. The van der Waals surface area contributed by atoms with E-state index in [0.717, 1.165) is 29.6 Å². The molecular formula is C17H26N4S. The topological polar surface area (TPSA) is 42.2 Å². The number of thioether (sulfide) groups is 1. The number of nitrogens with zero attached hydrogens (tertiary/aromatic N) is 3. The summed E-state index contributed by atoms with van der Waals surface area (Å²) in [5.41, 5.74) is 2.14. The Morgan fingerprint density at radius 2 is 2.18 bits per heavy atom. The summed E-state index contributed by atoms with van der Waals surface area (Å²) in [6.45, 7) is 4.48. The third-order valence-electron chi connectivity index (χ3n) is 4.85. The van der Waals surface area contributed by atoms with Crippen LogP contribution in [0, 0.1) is 0 Å².